The van der Waals surface area contributed by atoms with Gasteiger partial charge in [-0.1, -0.05) is 45.0 Å². The van der Waals surface area contributed by atoms with Gasteiger partial charge in [0.2, 0.25) is 0 Å². The predicted octanol–water partition coefficient (Wildman–Crippen LogP) is 2.15. The molecule has 0 bridgehead atoms. The smallest absolute Gasteiger partial charge is 0.252 e. The van der Waals surface area contributed by atoms with Crippen molar-refractivity contribution in [1.29, 1.82) is 0 Å². The maximum absolute atomic E-state index is 12.4. The lowest BCUT2D eigenvalue weighted by Crippen LogP contribution is -2.48. The molecule has 1 aromatic carbocycles. The number of allylic oxidation sites excluding steroid dienone is 1. The molecule has 1 amide bonds. The van der Waals surface area contributed by atoms with Gasteiger partial charge in [0.05, 0.1) is 12.1 Å². The van der Waals surface area contributed by atoms with E-state index in [0.717, 1.165) is 0 Å². The first-order valence-corrected chi connectivity index (χ1v) is 7.38. The van der Waals surface area contributed by atoms with Gasteiger partial charge in [-0.25, -0.2) is 0 Å². The molecule has 5 nitrogen and oxygen atoms in total. The molecule has 23 heavy (non-hydrogen) atoms. The molecule has 1 rings (SSSR count). The Balaban J connectivity index is 3.07. The van der Waals surface area contributed by atoms with Gasteiger partial charge in [0.15, 0.2) is 12.1 Å². The number of rotatable bonds is 6. The average molecular weight is 317 g/mol. The highest BCUT2D eigenvalue weighted by Gasteiger charge is 2.30. The van der Waals surface area contributed by atoms with Crippen molar-refractivity contribution in [2.75, 3.05) is 0 Å². The minimum absolute atomic E-state index is 0.182. The van der Waals surface area contributed by atoms with E-state index >= 15 is 0 Å². The normalized spacial score (nSPS) is 14.3. The Hall–Kier alpha value is -2.27. The monoisotopic (exact) mass is 317 g/mol. The molecule has 0 spiro atoms. The molecule has 2 atom stereocenters. The molecule has 0 aliphatic rings. The molecule has 2 N–H and O–H groups in total. The Bertz CT molecular complexity index is 614. The fourth-order valence-corrected chi connectivity index (χ4v) is 2.05. The quantitative estimate of drug-likeness (QED) is 0.622. The van der Waals surface area contributed by atoms with Crippen LogP contribution in [0.15, 0.2) is 36.4 Å². The molecule has 0 saturated heterocycles. The number of nitrogens with one attached hydrogen (secondary N) is 1. The molecule has 0 aliphatic heterocycles. The van der Waals surface area contributed by atoms with E-state index in [0.29, 0.717) is 6.29 Å². The third kappa shape index (κ3) is 5.45. The van der Waals surface area contributed by atoms with Gasteiger partial charge in [-0.3, -0.25) is 14.4 Å². The summed E-state index contributed by atoms with van der Waals surface area (Å²) in [7, 11) is 0. The molecule has 0 radical (unpaired) electrons. The van der Waals surface area contributed by atoms with E-state index in [2.05, 4.69) is 5.32 Å². The summed E-state index contributed by atoms with van der Waals surface area (Å²) in [5.74, 6) is -0.659. The van der Waals surface area contributed by atoms with Crippen molar-refractivity contribution in [2.24, 2.45) is 5.41 Å². The van der Waals surface area contributed by atoms with Crippen LogP contribution in [0.1, 0.15) is 48.4 Å². The Morgan fingerprint density at radius 1 is 1.22 bits per heavy atom. The molecule has 0 fully saturated rings. The van der Waals surface area contributed by atoms with Gasteiger partial charge < -0.3 is 10.4 Å². The van der Waals surface area contributed by atoms with Gasteiger partial charge in [0, 0.05) is 11.1 Å². The van der Waals surface area contributed by atoms with Crippen molar-refractivity contribution < 1.29 is 19.5 Å². The summed E-state index contributed by atoms with van der Waals surface area (Å²) in [6.45, 7) is 6.88. The Morgan fingerprint density at radius 2 is 1.83 bits per heavy atom. The van der Waals surface area contributed by atoms with Gasteiger partial charge in [-0.2, -0.15) is 0 Å². The topological polar surface area (TPSA) is 83.5 Å². The van der Waals surface area contributed by atoms with Crippen LogP contribution < -0.4 is 5.32 Å². The second-order valence-corrected chi connectivity index (χ2v) is 6.48. The first-order chi connectivity index (χ1) is 10.7. The highest BCUT2D eigenvalue weighted by molar-refractivity contribution is 6.01. The number of aliphatic hydroxyl groups excluding tert-OH is 1. The Kier molecular flexibility index (Phi) is 6.39. The van der Waals surface area contributed by atoms with Gasteiger partial charge in [-0.15, -0.1) is 0 Å². The number of aldehydes is 1. The summed E-state index contributed by atoms with van der Waals surface area (Å²) in [4.78, 5) is 34.6. The molecule has 5 heteroatoms. The van der Waals surface area contributed by atoms with E-state index in [9.17, 15) is 19.5 Å². The molecule has 0 aromatic heterocycles. The zero-order chi connectivity index (χ0) is 17.6. The number of hydrogen-bond acceptors (Lipinski definition) is 4. The summed E-state index contributed by atoms with van der Waals surface area (Å²) in [6, 6.07) is 5.66. The van der Waals surface area contributed by atoms with Crippen LogP contribution in [0.5, 0.6) is 0 Å². The lowest BCUT2D eigenvalue weighted by atomic mass is 9.84. The summed E-state index contributed by atoms with van der Waals surface area (Å²) >= 11 is 0. The zero-order valence-corrected chi connectivity index (χ0v) is 13.9. The first kappa shape index (κ1) is 18.8. The number of aliphatic hydroxyl groups is 1. The van der Waals surface area contributed by atoms with Gasteiger partial charge in [0.1, 0.15) is 0 Å². The summed E-state index contributed by atoms with van der Waals surface area (Å²) in [5, 5.41) is 13.1. The van der Waals surface area contributed by atoms with Crippen molar-refractivity contribution >= 4 is 18.0 Å². The van der Waals surface area contributed by atoms with Crippen LogP contribution in [0, 0.1) is 5.41 Å². The number of carbonyl (C=O) groups excluding carboxylic acids is 3. The standard InChI is InChI=1S/C18H23NO4/c1-12(21)9-10-15(16(22)18(2,3)4)19-17(23)14-8-6-5-7-13(14)11-20/h5-11,15-16,22H,1-4H3,(H,19,23)/b10-9+/t15-,16+/m0/s1. The van der Waals surface area contributed by atoms with Crippen LogP contribution >= 0.6 is 0 Å². The van der Waals surface area contributed by atoms with Crippen molar-refractivity contribution in [3.8, 4) is 0 Å². The summed E-state index contributed by atoms with van der Waals surface area (Å²) in [5.41, 5.74) is -0.00198. The predicted molar refractivity (Wildman–Crippen MR) is 88.4 cm³/mol. The van der Waals surface area contributed by atoms with Crippen molar-refractivity contribution in [3.05, 3.63) is 47.5 Å². The molecule has 1 aromatic rings. The molecule has 0 heterocycles. The number of benzene rings is 1. The third-order valence-corrected chi connectivity index (χ3v) is 3.40. The molecule has 0 unspecified atom stereocenters. The SMILES string of the molecule is CC(=O)/C=C/[C@H](NC(=O)c1ccccc1C=O)[C@@H](O)C(C)(C)C. The van der Waals surface area contributed by atoms with Crippen molar-refractivity contribution in [2.45, 2.75) is 39.8 Å². The van der Waals surface area contributed by atoms with E-state index in [-0.39, 0.29) is 16.9 Å². The number of hydrogen-bond donors (Lipinski definition) is 2. The van der Waals surface area contributed by atoms with Crippen molar-refractivity contribution in [1.82, 2.24) is 5.32 Å². The molecule has 0 aliphatic carbocycles. The maximum Gasteiger partial charge on any atom is 0.252 e. The minimum Gasteiger partial charge on any atom is -0.390 e. The summed E-state index contributed by atoms with van der Waals surface area (Å²) < 4.78 is 0. The highest BCUT2D eigenvalue weighted by Crippen LogP contribution is 2.23. The number of amides is 1. The van der Waals surface area contributed by atoms with E-state index in [4.69, 9.17) is 0 Å². The van der Waals surface area contributed by atoms with E-state index in [1.807, 2.05) is 20.8 Å². The molecule has 124 valence electrons. The minimum atomic E-state index is -0.898. The number of ketones is 1. The molecular formula is C18H23NO4. The van der Waals surface area contributed by atoms with E-state index in [1.165, 1.54) is 25.1 Å². The van der Waals surface area contributed by atoms with Crippen LogP contribution in [0.25, 0.3) is 0 Å². The first-order valence-electron chi connectivity index (χ1n) is 7.38. The highest BCUT2D eigenvalue weighted by atomic mass is 16.3. The largest absolute Gasteiger partial charge is 0.390 e. The third-order valence-electron chi connectivity index (χ3n) is 3.40. The van der Waals surface area contributed by atoms with Crippen LogP contribution in [0.2, 0.25) is 0 Å². The fraction of sp³-hybridized carbons (Fsp3) is 0.389. The van der Waals surface area contributed by atoms with Crippen LogP contribution in [-0.2, 0) is 4.79 Å². The second-order valence-electron chi connectivity index (χ2n) is 6.48. The Morgan fingerprint density at radius 3 is 2.35 bits per heavy atom. The van der Waals surface area contributed by atoms with Crippen LogP contribution in [0.3, 0.4) is 0 Å². The lowest BCUT2D eigenvalue weighted by Gasteiger charge is -2.32. The van der Waals surface area contributed by atoms with Gasteiger partial charge in [0.25, 0.3) is 5.91 Å². The average Bonchev–Trinajstić information content (AvgIpc) is 2.49. The van der Waals surface area contributed by atoms with Gasteiger partial charge in [-0.05, 0) is 24.5 Å². The molecular weight excluding hydrogens is 294 g/mol. The van der Waals surface area contributed by atoms with E-state index < -0.39 is 23.5 Å². The van der Waals surface area contributed by atoms with Gasteiger partial charge >= 0.3 is 0 Å². The number of carbonyl (C=O) groups is 3. The summed E-state index contributed by atoms with van der Waals surface area (Å²) in [6.07, 6.45) is 2.49. The zero-order valence-electron chi connectivity index (χ0n) is 13.9. The lowest BCUT2D eigenvalue weighted by molar-refractivity contribution is -0.112. The van der Waals surface area contributed by atoms with Crippen molar-refractivity contribution in [3.63, 3.8) is 0 Å². The Labute approximate surface area is 136 Å². The maximum atomic E-state index is 12.4. The second kappa shape index (κ2) is 7.83. The van der Waals surface area contributed by atoms with E-state index in [1.54, 1.807) is 18.2 Å². The molecule has 0 saturated carbocycles. The van der Waals surface area contributed by atoms with Crippen LogP contribution in [0.4, 0.5) is 0 Å². The van der Waals surface area contributed by atoms with Crippen LogP contribution in [-0.4, -0.2) is 35.2 Å². The fourth-order valence-electron chi connectivity index (χ4n) is 2.05.